The molecule has 0 fully saturated rings. The van der Waals surface area contributed by atoms with Crippen molar-refractivity contribution in [2.45, 2.75) is 20.3 Å². The fourth-order valence-electron chi connectivity index (χ4n) is 1.70. The maximum absolute atomic E-state index is 11.7. The normalized spacial score (nSPS) is 10.3. The van der Waals surface area contributed by atoms with Crippen molar-refractivity contribution in [3.63, 3.8) is 0 Å². The van der Waals surface area contributed by atoms with Crippen LogP contribution in [0.2, 0.25) is 0 Å². The highest BCUT2D eigenvalue weighted by molar-refractivity contribution is 5.95. The molecule has 4 nitrogen and oxygen atoms in total. The number of rotatable bonds is 5. The van der Waals surface area contributed by atoms with Gasteiger partial charge in [0.15, 0.2) is 0 Å². The zero-order valence-electron chi connectivity index (χ0n) is 11.9. The maximum Gasteiger partial charge on any atom is 0.328 e. The van der Waals surface area contributed by atoms with Gasteiger partial charge in [-0.2, -0.15) is 0 Å². The molecule has 1 rings (SSSR count). The third-order valence-electron chi connectivity index (χ3n) is 2.67. The number of carbonyl (C=O) groups is 2. The van der Waals surface area contributed by atoms with Crippen molar-refractivity contribution in [3.05, 3.63) is 52.6 Å². The van der Waals surface area contributed by atoms with Crippen molar-refractivity contribution in [3.8, 4) is 0 Å². The number of hydrogen-bond acceptors (Lipinski definition) is 2. The molecule has 1 aromatic rings. The summed E-state index contributed by atoms with van der Waals surface area (Å²) in [5.74, 6) is -1.20. The number of benzene rings is 1. The highest BCUT2D eigenvalue weighted by Gasteiger charge is 2.06. The molecule has 1 amide bonds. The third kappa shape index (κ3) is 5.10. The lowest BCUT2D eigenvalue weighted by Gasteiger charge is -2.06. The van der Waals surface area contributed by atoms with Gasteiger partial charge in [-0.1, -0.05) is 17.7 Å². The highest BCUT2D eigenvalue weighted by Crippen LogP contribution is 2.14. The Kier molecular flexibility index (Phi) is 5.72. The molecule has 2 N–H and O–H groups in total. The molecule has 0 bridgehead atoms. The summed E-state index contributed by atoms with van der Waals surface area (Å²) in [5, 5.41) is 11.2. The lowest BCUT2D eigenvalue weighted by atomic mass is 10.0. The van der Waals surface area contributed by atoms with Crippen LogP contribution in [0.4, 0.5) is 0 Å². The topological polar surface area (TPSA) is 66.4 Å². The van der Waals surface area contributed by atoms with Gasteiger partial charge in [-0.3, -0.25) is 4.79 Å². The third-order valence-corrected chi connectivity index (χ3v) is 2.67. The molecule has 0 saturated carbocycles. The molecular formula is C16H19NO3. The Balaban J connectivity index is 3.16. The standard InChI is InChI=1S/C16H19NO3/c1-11(2)4-5-12-8-13(6-7-15(18)19)10-14(9-12)16(20)17-3/h4,6-10H,5H2,1-3H3,(H,17,20)(H,18,19)/b7-6+. The Morgan fingerprint density at radius 1 is 1.25 bits per heavy atom. The van der Waals surface area contributed by atoms with E-state index in [1.54, 1.807) is 13.1 Å². The van der Waals surface area contributed by atoms with Crippen molar-refractivity contribution in [2.24, 2.45) is 0 Å². The van der Waals surface area contributed by atoms with E-state index in [-0.39, 0.29) is 5.91 Å². The van der Waals surface area contributed by atoms with Gasteiger partial charge < -0.3 is 10.4 Å². The monoisotopic (exact) mass is 273 g/mol. The zero-order valence-corrected chi connectivity index (χ0v) is 11.9. The molecule has 0 saturated heterocycles. The highest BCUT2D eigenvalue weighted by atomic mass is 16.4. The molecule has 4 heteroatoms. The summed E-state index contributed by atoms with van der Waals surface area (Å²) in [6, 6.07) is 5.37. The van der Waals surface area contributed by atoms with Crippen LogP contribution in [0.25, 0.3) is 6.08 Å². The summed E-state index contributed by atoms with van der Waals surface area (Å²) in [6.07, 6.45) is 5.32. The first kappa shape index (κ1) is 15.7. The molecule has 0 spiro atoms. The molecule has 0 aliphatic heterocycles. The van der Waals surface area contributed by atoms with E-state index in [9.17, 15) is 9.59 Å². The largest absolute Gasteiger partial charge is 0.478 e. The SMILES string of the molecule is CNC(=O)c1cc(/C=C/C(=O)O)cc(CC=C(C)C)c1. The minimum absolute atomic E-state index is 0.186. The number of carboxylic acids is 1. The summed E-state index contributed by atoms with van der Waals surface area (Å²) < 4.78 is 0. The zero-order chi connectivity index (χ0) is 15.1. The lowest BCUT2D eigenvalue weighted by molar-refractivity contribution is -0.131. The Hall–Kier alpha value is -2.36. The molecule has 20 heavy (non-hydrogen) atoms. The first-order valence-corrected chi connectivity index (χ1v) is 6.33. The fraction of sp³-hybridized carbons (Fsp3) is 0.250. The van der Waals surface area contributed by atoms with Crippen LogP contribution in [0.15, 0.2) is 35.9 Å². The fourth-order valence-corrected chi connectivity index (χ4v) is 1.70. The Bertz CT molecular complexity index is 567. The van der Waals surface area contributed by atoms with Crippen molar-refractivity contribution < 1.29 is 14.7 Å². The van der Waals surface area contributed by atoms with Crippen LogP contribution < -0.4 is 5.32 Å². The number of carbonyl (C=O) groups excluding carboxylic acids is 1. The van der Waals surface area contributed by atoms with Gasteiger partial charge in [0.05, 0.1) is 0 Å². The predicted molar refractivity (Wildman–Crippen MR) is 79.6 cm³/mol. The number of nitrogens with one attached hydrogen (secondary N) is 1. The van der Waals surface area contributed by atoms with E-state index in [2.05, 4.69) is 11.4 Å². The summed E-state index contributed by atoms with van der Waals surface area (Å²) in [6.45, 7) is 4.02. The number of allylic oxidation sites excluding steroid dienone is 2. The number of carboxylic acid groups (broad SMARTS) is 1. The van der Waals surface area contributed by atoms with Gasteiger partial charge in [0.2, 0.25) is 0 Å². The molecule has 106 valence electrons. The average Bonchev–Trinajstić information content (AvgIpc) is 2.41. The molecule has 0 heterocycles. The number of amides is 1. The van der Waals surface area contributed by atoms with Crippen LogP contribution in [0.3, 0.4) is 0 Å². The van der Waals surface area contributed by atoms with Crippen LogP contribution in [-0.4, -0.2) is 24.0 Å². The van der Waals surface area contributed by atoms with Gasteiger partial charge in [-0.15, -0.1) is 0 Å². The Morgan fingerprint density at radius 3 is 2.50 bits per heavy atom. The predicted octanol–water partition coefficient (Wildman–Crippen LogP) is 2.65. The van der Waals surface area contributed by atoms with Crippen LogP contribution in [0.1, 0.15) is 35.3 Å². The van der Waals surface area contributed by atoms with E-state index in [4.69, 9.17) is 5.11 Å². The molecule has 0 atom stereocenters. The van der Waals surface area contributed by atoms with E-state index in [1.165, 1.54) is 11.6 Å². The van der Waals surface area contributed by atoms with Crippen molar-refractivity contribution in [1.82, 2.24) is 5.32 Å². The van der Waals surface area contributed by atoms with Gasteiger partial charge >= 0.3 is 5.97 Å². The van der Waals surface area contributed by atoms with Gasteiger partial charge in [0, 0.05) is 18.7 Å². The molecule has 0 aliphatic carbocycles. The summed E-state index contributed by atoms with van der Waals surface area (Å²) in [4.78, 5) is 22.3. The molecular weight excluding hydrogens is 254 g/mol. The Morgan fingerprint density at radius 2 is 1.95 bits per heavy atom. The molecule has 0 aromatic heterocycles. The number of hydrogen-bond donors (Lipinski definition) is 2. The van der Waals surface area contributed by atoms with Gasteiger partial charge in [-0.05, 0) is 49.6 Å². The minimum Gasteiger partial charge on any atom is -0.478 e. The van der Waals surface area contributed by atoms with E-state index in [0.29, 0.717) is 17.5 Å². The van der Waals surface area contributed by atoms with Crippen molar-refractivity contribution in [1.29, 1.82) is 0 Å². The van der Waals surface area contributed by atoms with Crippen LogP contribution in [-0.2, 0) is 11.2 Å². The molecule has 1 aromatic carbocycles. The van der Waals surface area contributed by atoms with E-state index >= 15 is 0 Å². The lowest BCUT2D eigenvalue weighted by Crippen LogP contribution is -2.18. The summed E-state index contributed by atoms with van der Waals surface area (Å²) in [7, 11) is 1.57. The summed E-state index contributed by atoms with van der Waals surface area (Å²) >= 11 is 0. The van der Waals surface area contributed by atoms with E-state index in [0.717, 1.165) is 11.6 Å². The van der Waals surface area contributed by atoms with Gasteiger partial charge in [0.1, 0.15) is 0 Å². The van der Waals surface area contributed by atoms with Crippen LogP contribution >= 0.6 is 0 Å². The molecule has 0 aliphatic rings. The van der Waals surface area contributed by atoms with Gasteiger partial charge in [-0.25, -0.2) is 4.79 Å². The number of aliphatic carboxylic acids is 1. The first-order valence-electron chi connectivity index (χ1n) is 6.33. The Labute approximate surface area is 118 Å². The average molecular weight is 273 g/mol. The van der Waals surface area contributed by atoms with Gasteiger partial charge in [0.25, 0.3) is 5.91 Å². The van der Waals surface area contributed by atoms with Crippen LogP contribution in [0, 0.1) is 0 Å². The van der Waals surface area contributed by atoms with Crippen molar-refractivity contribution >= 4 is 18.0 Å². The second-order valence-electron chi connectivity index (χ2n) is 4.70. The smallest absolute Gasteiger partial charge is 0.328 e. The first-order chi connectivity index (χ1) is 9.42. The second-order valence-corrected chi connectivity index (χ2v) is 4.70. The van der Waals surface area contributed by atoms with Crippen LogP contribution in [0.5, 0.6) is 0 Å². The quantitative estimate of drug-likeness (QED) is 0.640. The molecule has 0 unspecified atom stereocenters. The second kappa shape index (κ2) is 7.28. The maximum atomic E-state index is 11.7. The molecule has 0 radical (unpaired) electrons. The summed E-state index contributed by atoms with van der Waals surface area (Å²) in [5.41, 5.74) is 3.39. The van der Waals surface area contributed by atoms with Crippen molar-refractivity contribution in [2.75, 3.05) is 7.05 Å². The van der Waals surface area contributed by atoms with E-state index in [1.807, 2.05) is 26.0 Å². The minimum atomic E-state index is -1.01. The van der Waals surface area contributed by atoms with E-state index < -0.39 is 5.97 Å².